The van der Waals surface area contributed by atoms with Crippen molar-refractivity contribution < 1.29 is 55.7 Å². The SMILES string of the molecule is O=S(=O)([O-])Nc1cc(C(F)(F)F)ccn1.[Na+]. The Labute approximate surface area is 111 Å². The summed E-state index contributed by atoms with van der Waals surface area (Å²) in [5.74, 6) is -0.667. The summed E-state index contributed by atoms with van der Waals surface area (Å²) in [6.07, 6.45) is -3.87. The van der Waals surface area contributed by atoms with Crippen LogP contribution in [0.1, 0.15) is 5.56 Å². The van der Waals surface area contributed by atoms with Crippen molar-refractivity contribution in [3.05, 3.63) is 23.9 Å². The van der Waals surface area contributed by atoms with Gasteiger partial charge in [-0.15, -0.1) is 0 Å². The van der Waals surface area contributed by atoms with Crippen LogP contribution in [0.5, 0.6) is 0 Å². The van der Waals surface area contributed by atoms with Crippen molar-refractivity contribution in [3.63, 3.8) is 0 Å². The molecule has 1 aromatic heterocycles. The molecule has 0 amide bonds. The maximum Gasteiger partial charge on any atom is 1.00 e. The van der Waals surface area contributed by atoms with Crippen LogP contribution >= 0.6 is 0 Å². The van der Waals surface area contributed by atoms with Gasteiger partial charge in [0.05, 0.1) is 5.56 Å². The zero-order valence-electron chi connectivity index (χ0n) is 7.95. The minimum atomic E-state index is -4.87. The Kier molecular flexibility index (Phi) is 5.20. The second-order valence-corrected chi connectivity index (χ2v) is 3.60. The third-order valence-corrected chi connectivity index (χ3v) is 1.78. The fourth-order valence-corrected chi connectivity index (χ4v) is 1.16. The summed E-state index contributed by atoms with van der Waals surface area (Å²) in [4.78, 5) is 3.25. The average molecular weight is 264 g/mol. The number of hydrogen-bond acceptors (Lipinski definition) is 4. The molecule has 84 valence electrons. The van der Waals surface area contributed by atoms with E-state index in [1.54, 1.807) is 0 Å². The third kappa shape index (κ3) is 5.12. The van der Waals surface area contributed by atoms with E-state index in [9.17, 15) is 26.1 Å². The molecule has 1 aromatic rings. The Hall–Kier alpha value is -0.350. The topological polar surface area (TPSA) is 82.1 Å². The molecule has 1 N–H and O–H groups in total. The van der Waals surface area contributed by atoms with Crippen LogP contribution in [0.4, 0.5) is 19.0 Å². The first-order valence-corrected chi connectivity index (χ1v) is 4.86. The van der Waals surface area contributed by atoms with Crippen molar-refractivity contribution in [1.82, 2.24) is 4.98 Å². The Bertz CT molecular complexity index is 462. The van der Waals surface area contributed by atoms with Gasteiger partial charge in [0.25, 0.3) is 0 Å². The van der Waals surface area contributed by atoms with Crippen LogP contribution in [0.3, 0.4) is 0 Å². The van der Waals surface area contributed by atoms with E-state index in [2.05, 4.69) is 4.98 Å². The number of hydrogen-bond donors (Lipinski definition) is 1. The van der Waals surface area contributed by atoms with Gasteiger partial charge in [0.1, 0.15) is 5.82 Å². The Morgan fingerprint density at radius 2 is 1.94 bits per heavy atom. The van der Waals surface area contributed by atoms with E-state index in [1.807, 2.05) is 0 Å². The van der Waals surface area contributed by atoms with E-state index in [0.717, 1.165) is 6.20 Å². The molecule has 5 nitrogen and oxygen atoms in total. The Morgan fingerprint density at radius 3 is 2.38 bits per heavy atom. The van der Waals surface area contributed by atoms with Gasteiger partial charge < -0.3 is 4.55 Å². The second-order valence-electron chi connectivity index (χ2n) is 2.48. The fraction of sp³-hybridized carbons (Fsp3) is 0.167. The molecule has 1 heterocycles. The standard InChI is InChI=1S/C6H5F3N2O3S.Na/c7-6(8,9)4-1-2-10-5(3-4)11-15(12,13)14;/h1-3H,(H,10,11)(H,12,13,14);/q;+1/p-1. The van der Waals surface area contributed by atoms with E-state index in [4.69, 9.17) is 0 Å². The minimum Gasteiger partial charge on any atom is -0.731 e. The summed E-state index contributed by atoms with van der Waals surface area (Å²) >= 11 is 0. The number of rotatable bonds is 2. The van der Waals surface area contributed by atoms with Gasteiger partial charge in [0.2, 0.25) is 0 Å². The molecule has 10 heteroatoms. The quantitative estimate of drug-likeness (QED) is 0.493. The van der Waals surface area contributed by atoms with Crippen LogP contribution < -0.4 is 34.3 Å². The molecule has 0 aromatic carbocycles. The molecule has 16 heavy (non-hydrogen) atoms. The molecule has 1 rings (SSSR count). The van der Waals surface area contributed by atoms with Gasteiger partial charge in [-0.1, -0.05) is 0 Å². The molecule has 0 atom stereocenters. The summed E-state index contributed by atoms with van der Waals surface area (Å²) in [6, 6.07) is 1.08. The largest absolute Gasteiger partial charge is 1.00 e. The first-order chi connectivity index (χ1) is 6.68. The van der Waals surface area contributed by atoms with Crippen molar-refractivity contribution >= 4 is 16.1 Å². The van der Waals surface area contributed by atoms with Crippen molar-refractivity contribution in [3.8, 4) is 0 Å². The molecule has 0 saturated carbocycles. The normalized spacial score (nSPS) is 11.8. The zero-order valence-corrected chi connectivity index (χ0v) is 10.8. The average Bonchev–Trinajstić information content (AvgIpc) is 1.99. The first-order valence-electron chi connectivity index (χ1n) is 3.45. The van der Waals surface area contributed by atoms with Crippen LogP contribution in [-0.2, 0) is 16.5 Å². The van der Waals surface area contributed by atoms with Crippen molar-refractivity contribution in [2.75, 3.05) is 4.72 Å². The van der Waals surface area contributed by atoms with Crippen LogP contribution in [-0.4, -0.2) is 18.0 Å². The van der Waals surface area contributed by atoms with Crippen LogP contribution in [0.2, 0.25) is 0 Å². The van der Waals surface area contributed by atoms with E-state index in [0.29, 0.717) is 12.1 Å². The van der Waals surface area contributed by atoms with Crippen molar-refractivity contribution in [2.45, 2.75) is 6.18 Å². The summed E-state index contributed by atoms with van der Waals surface area (Å²) in [5, 5.41) is 0. The molecule has 0 radical (unpaired) electrons. The smallest absolute Gasteiger partial charge is 0.731 e. The predicted octanol–water partition coefficient (Wildman–Crippen LogP) is -2.02. The predicted molar refractivity (Wildman–Crippen MR) is 42.6 cm³/mol. The number of pyridine rings is 1. The molecule has 0 aliphatic rings. The number of halogens is 3. The second kappa shape index (κ2) is 5.32. The zero-order chi connectivity index (χ0) is 11.7. The number of nitrogens with one attached hydrogen (secondary N) is 1. The summed E-state index contributed by atoms with van der Waals surface area (Å²) in [5.41, 5.74) is -1.09. The van der Waals surface area contributed by atoms with Gasteiger partial charge in [-0.3, -0.25) is 4.72 Å². The van der Waals surface area contributed by atoms with E-state index in [-0.39, 0.29) is 29.6 Å². The molecular weight excluding hydrogens is 260 g/mol. The van der Waals surface area contributed by atoms with Gasteiger partial charge in [-0.05, 0) is 12.1 Å². The van der Waals surface area contributed by atoms with Crippen molar-refractivity contribution in [2.24, 2.45) is 0 Å². The number of anilines is 1. The summed E-state index contributed by atoms with van der Waals surface area (Å²) < 4.78 is 68.2. The third-order valence-electron chi connectivity index (χ3n) is 1.32. The monoisotopic (exact) mass is 264 g/mol. The van der Waals surface area contributed by atoms with Crippen LogP contribution in [0.15, 0.2) is 18.3 Å². The molecule has 0 unspecified atom stereocenters. The van der Waals surface area contributed by atoms with Crippen molar-refractivity contribution in [1.29, 1.82) is 0 Å². The van der Waals surface area contributed by atoms with Gasteiger partial charge in [0, 0.05) is 6.20 Å². The summed E-state index contributed by atoms with van der Waals surface area (Å²) in [7, 11) is -4.87. The maximum atomic E-state index is 12.1. The molecule has 0 aliphatic heterocycles. The van der Waals surface area contributed by atoms with Gasteiger partial charge in [-0.2, -0.15) is 13.2 Å². The Balaban J connectivity index is 0.00000225. The van der Waals surface area contributed by atoms with Gasteiger partial charge >= 0.3 is 35.7 Å². The number of alkyl halides is 3. The van der Waals surface area contributed by atoms with Crippen LogP contribution in [0, 0.1) is 0 Å². The fourth-order valence-electron chi connectivity index (χ4n) is 0.791. The number of aromatic nitrogens is 1. The Morgan fingerprint density at radius 1 is 1.38 bits per heavy atom. The molecule has 0 saturated heterocycles. The van der Waals surface area contributed by atoms with Gasteiger partial charge in [0.15, 0.2) is 10.3 Å². The van der Waals surface area contributed by atoms with Crippen LogP contribution in [0.25, 0.3) is 0 Å². The van der Waals surface area contributed by atoms with E-state index < -0.39 is 27.9 Å². The van der Waals surface area contributed by atoms with E-state index >= 15 is 0 Å². The molecule has 0 aliphatic carbocycles. The summed E-state index contributed by atoms with van der Waals surface area (Å²) in [6.45, 7) is 0. The molecule has 0 fully saturated rings. The van der Waals surface area contributed by atoms with Gasteiger partial charge in [-0.25, -0.2) is 13.4 Å². The van der Waals surface area contributed by atoms with E-state index in [1.165, 1.54) is 4.72 Å². The minimum absolute atomic E-state index is 0. The first kappa shape index (κ1) is 15.7. The molecule has 0 spiro atoms. The molecular formula is C6H4F3N2NaO3S. The maximum absolute atomic E-state index is 12.1. The number of nitrogens with zero attached hydrogens (tertiary/aromatic N) is 1. The molecule has 0 bridgehead atoms.